The van der Waals surface area contributed by atoms with Gasteiger partial charge < -0.3 is 5.73 Å². The number of aryl methyl sites for hydroxylation is 1. The van der Waals surface area contributed by atoms with E-state index in [0.29, 0.717) is 17.3 Å². The second kappa shape index (κ2) is 2.43. The van der Waals surface area contributed by atoms with Crippen molar-refractivity contribution in [3.8, 4) is 0 Å². The van der Waals surface area contributed by atoms with Gasteiger partial charge in [0, 0.05) is 0 Å². The van der Waals surface area contributed by atoms with Crippen molar-refractivity contribution >= 4 is 18.2 Å². The molecule has 0 unspecified atom stereocenters. The summed E-state index contributed by atoms with van der Waals surface area (Å²) in [5.41, 5.74) is 5.90. The third kappa shape index (κ3) is 1.10. The molecule has 0 fully saturated rings. The van der Waals surface area contributed by atoms with Gasteiger partial charge in [0.15, 0.2) is 5.82 Å². The van der Waals surface area contributed by atoms with Gasteiger partial charge in [-0.3, -0.25) is 0 Å². The molecule has 2 N–H and O–H groups in total. The van der Waals surface area contributed by atoms with Crippen LogP contribution in [0.4, 0.5) is 11.5 Å². The first-order chi connectivity index (χ1) is 4.74. The standard InChI is InChI=1S/C6H8N4/c1-4-9-3-5(7)6(8-2)10-4/h3H,2,7H2,1H3. The van der Waals surface area contributed by atoms with Crippen LogP contribution in [0.3, 0.4) is 0 Å². The molecule has 0 aliphatic carbocycles. The number of nitrogens with two attached hydrogens (primary N) is 1. The molecule has 1 aromatic heterocycles. The Hall–Kier alpha value is -1.45. The summed E-state index contributed by atoms with van der Waals surface area (Å²) in [5.74, 6) is 1.10. The maximum atomic E-state index is 5.44. The van der Waals surface area contributed by atoms with Crippen LogP contribution in [0.2, 0.25) is 0 Å². The first kappa shape index (κ1) is 6.67. The number of nitrogen functional groups attached to an aromatic ring is 1. The van der Waals surface area contributed by atoms with Gasteiger partial charge in [-0.25, -0.2) is 15.0 Å². The second-order valence-electron chi connectivity index (χ2n) is 1.85. The topological polar surface area (TPSA) is 64.2 Å². The number of hydrogen-bond donors (Lipinski definition) is 1. The lowest BCUT2D eigenvalue weighted by molar-refractivity contribution is 1.05. The molecule has 0 amide bonds. The predicted octanol–water partition coefficient (Wildman–Crippen LogP) is 0.699. The maximum Gasteiger partial charge on any atom is 0.178 e. The maximum absolute atomic E-state index is 5.44. The van der Waals surface area contributed by atoms with E-state index in [-0.39, 0.29) is 0 Å². The first-order valence-corrected chi connectivity index (χ1v) is 2.80. The molecule has 0 spiro atoms. The van der Waals surface area contributed by atoms with Gasteiger partial charge in [0.1, 0.15) is 5.82 Å². The van der Waals surface area contributed by atoms with Gasteiger partial charge in [0.25, 0.3) is 0 Å². The van der Waals surface area contributed by atoms with Crippen LogP contribution in [0.5, 0.6) is 0 Å². The van der Waals surface area contributed by atoms with Crippen LogP contribution in [0.25, 0.3) is 0 Å². The fraction of sp³-hybridized carbons (Fsp3) is 0.167. The van der Waals surface area contributed by atoms with Crippen LogP contribution >= 0.6 is 0 Å². The van der Waals surface area contributed by atoms with Gasteiger partial charge >= 0.3 is 0 Å². The van der Waals surface area contributed by atoms with Crippen molar-refractivity contribution in [3.63, 3.8) is 0 Å². The first-order valence-electron chi connectivity index (χ1n) is 2.80. The monoisotopic (exact) mass is 136 g/mol. The zero-order chi connectivity index (χ0) is 7.56. The average Bonchev–Trinajstić information content (AvgIpc) is 1.94. The van der Waals surface area contributed by atoms with Gasteiger partial charge in [-0.15, -0.1) is 0 Å². The molecule has 10 heavy (non-hydrogen) atoms. The minimum atomic E-state index is 0.451. The normalized spacial score (nSPS) is 9.30. The van der Waals surface area contributed by atoms with Crippen molar-refractivity contribution < 1.29 is 0 Å². The van der Waals surface area contributed by atoms with Crippen LogP contribution in [-0.2, 0) is 0 Å². The van der Waals surface area contributed by atoms with E-state index in [9.17, 15) is 0 Å². The van der Waals surface area contributed by atoms with Crippen molar-refractivity contribution in [3.05, 3.63) is 12.0 Å². The molecular formula is C6H8N4. The smallest absolute Gasteiger partial charge is 0.178 e. The lowest BCUT2D eigenvalue weighted by Crippen LogP contribution is -1.92. The molecule has 0 aromatic carbocycles. The Morgan fingerprint density at radius 1 is 1.70 bits per heavy atom. The van der Waals surface area contributed by atoms with E-state index in [1.807, 2.05) is 0 Å². The number of anilines is 1. The minimum Gasteiger partial charge on any atom is -0.394 e. The van der Waals surface area contributed by atoms with Gasteiger partial charge in [-0.2, -0.15) is 0 Å². The Morgan fingerprint density at radius 2 is 2.40 bits per heavy atom. The number of aromatic nitrogens is 2. The predicted molar refractivity (Wildman–Crippen MR) is 40.4 cm³/mol. The highest BCUT2D eigenvalue weighted by molar-refractivity contribution is 5.58. The molecule has 1 aromatic rings. The van der Waals surface area contributed by atoms with Crippen LogP contribution < -0.4 is 5.73 Å². The third-order valence-corrected chi connectivity index (χ3v) is 1.07. The fourth-order valence-electron chi connectivity index (χ4n) is 0.594. The van der Waals surface area contributed by atoms with Crippen LogP contribution in [0, 0.1) is 6.92 Å². The summed E-state index contributed by atoms with van der Waals surface area (Å²) in [6.45, 7) is 5.08. The van der Waals surface area contributed by atoms with Crippen molar-refractivity contribution in [2.45, 2.75) is 6.92 Å². The molecule has 0 aliphatic rings. The van der Waals surface area contributed by atoms with E-state index in [2.05, 4.69) is 21.7 Å². The van der Waals surface area contributed by atoms with Crippen LogP contribution in [0.1, 0.15) is 5.82 Å². The van der Waals surface area contributed by atoms with Gasteiger partial charge in [-0.05, 0) is 13.6 Å². The van der Waals surface area contributed by atoms with Crippen LogP contribution in [0.15, 0.2) is 11.2 Å². The molecule has 1 heterocycles. The van der Waals surface area contributed by atoms with Crippen LogP contribution in [-0.4, -0.2) is 16.7 Å². The zero-order valence-electron chi connectivity index (χ0n) is 5.70. The molecule has 4 heteroatoms. The number of hydrogen-bond acceptors (Lipinski definition) is 4. The molecular weight excluding hydrogens is 128 g/mol. The Labute approximate surface area is 58.8 Å². The summed E-state index contributed by atoms with van der Waals surface area (Å²) in [6.07, 6.45) is 1.52. The quantitative estimate of drug-likeness (QED) is 0.578. The summed E-state index contributed by atoms with van der Waals surface area (Å²) >= 11 is 0. The molecule has 4 nitrogen and oxygen atoms in total. The van der Waals surface area contributed by atoms with E-state index in [1.165, 1.54) is 6.20 Å². The van der Waals surface area contributed by atoms with E-state index in [1.54, 1.807) is 6.92 Å². The Bertz CT molecular complexity index is 256. The van der Waals surface area contributed by atoms with Crippen molar-refractivity contribution in [1.29, 1.82) is 0 Å². The molecule has 1 rings (SSSR count). The third-order valence-electron chi connectivity index (χ3n) is 1.07. The largest absolute Gasteiger partial charge is 0.394 e. The summed E-state index contributed by atoms with van der Waals surface area (Å²) in [4.78, 5) is 11.4. The van der Waals surface area contributed by atoms with E-state index < -0.39 is 0 Å². The van der Waals surface area contributed by atoms with Crippen molar-refractivity contribution in [2.75, 3.05) is 5.73 Å². The second-order valence-corrected chi connectivity index (χ2v) is 1.85. The highest BCUT2D eigenvalue weighted by atomic mass is 15.0. The molecule has 0 radical (unpaired) electrons. The lowest BCUT2D eigenvalue weighted by atomic mass is 10.5. The number of aliphatic imine (C=N–C) groups is 1. The highest BCUT2D eigenvalue weighted by Crippen LogP contribution is 2.15. The fourth-order valence-corrected chi connectivity index (χ4v) is 0.594. The van der Waals surface area contributed by atoms with Crippen molar-refractivity contribution in [2.24, 2.45) is 4.99 Å². The van der Waals surface area contributed by atoms with Gasteiger partial charge in [0.05, 0.1) is 11.9 Å². The Balaban J connectivity index is 3.21. The van der Waals surface area contributed by atoms with E-state index in [0.717, 1.165) is 0 Å². The molecule has 0 saturated carbocycles. The Kier molecular flexibility index (Phi) is 1.62. The SMILES string of the molecule is C=Nc1nc(C)ncc1N. The van der Waals surface area contributed by atoms with E-state index >= 15 is 0 Å². The zero-order valence-corrected chi connectivity index (χ0v) is 5.70. The number of rotatable bonds is 1. The molecule has 0 bridgehead atoms. The molecule has 0 atom stereocenters. The molecule has 0 aliphatic heterocycles. The van der Waals surface area contributed by atoms with Crippen molar-refractivity contribution in [1.82, 2.24) is 9.97 Å². The van der Waals surface area contributed by atoms with Gasteiger partial charge in [0.2, 0.25) is 0 Å². The van der Waals surface area contributed by atoms with Gasteiger partial charge in [-0.1, -0.05) is 0 Å². The minimum absolute atomic E-state index is 0.451. The lowest BCUT2D eigenvalue weighted by Gasteiger charge is -1.96. The van der Waals surface area contributed by atoms with E-state index in [4.69, 9.17) is 5.73 Å². The molecule has 0 saturated heterocycles. The highest BCUT2D eigenvalue weighted by Gasteiger charge is 1.96. The average molecular weight is 136 g/mol. The number of nitrogens with zero attached hydrogens (tertiary/aromatic N) is 3. The summed E-state index contributed by atoms with van der Waals surface area (Å²) in [6, 6.07) is 0. The summed E-state index contributed by atoms with van der Waals surface area (Å²) in [7, 11) is 0. The Morgan fingerprint density at radius 3 is 2.90 bits per heavy atom. The summed E-state index contributed by atoms with van der Waals surface area (Å²) < 4.78 is 0. The molecule has 52 valence electrons. The summed E-state index contributed by atoms with van der Waals surface area (Å²) in [5, 5.41) is 0.